The summed E-state index contributed by atoms with van der Waals surface area (Å²) in [5.41, 5.74) is 0.948. The summed E-state index contributed by atoms with van der Waals surface area (Å²) in [4.78, 5) is 13.3. The van der Waals surface area contributed by atoms with Crippen LogP contribution in [0.2, 0.25) is 0 Å². The van der Waals surface area contributed by atoms with E-state index in [0.29, 0.717) is 5.75 Å². The van der Waals surface area contributed by atoms with Crippen LogP contribution in [0.3, 0.4) is 0 Å². The van der Waals surface area contributed by atoms with E-state index in [2.05, 4.69) is 4.99 Å². The molecule has 0 aromatic heterocycles. The third kappa shape index (κ3) is 6.47. The first-order chi connectivity index (χ1) is 7.63. The molecule has 0 aliphatic rings. The Morgan fingerprint density at radius 2 is 2.12 bits per heavy atom. The molecule has 1 rings (SSSR count). The van der Waals surface area contributed by atoms with Crippen molar-refractivity contribution in [3.63, 3.8) is 0 Å². The van der Waals surface area contributed by atoms with Crippen molar-refractivity contribution < 1.29 is 56.3 Å². The van der Waals surface area contributed by atoms with Crippen LogP contribution in [-0.4, -0.2) is 9.30 Å². The van der Waals surface area contributed by atoms with Gasteiger partial charge in [-0.05, 0) is 9.94 Å². The fourth-order valence-electron chi connectivity index (χ4n) is 0.932. The Morgan fingerprint density at radius 1 is 1.53 bits per heavy atom. The van der Waals surface area contributed by atoms with E-state index < -0.39 is 4.92 Å². The summed E-state index contributed by atoms with van der Waals surface area (Å²) in [5, 5.41) is 18.6. The molecule has 1 aromatic rings. The number of nitrogens with zero attached hydrogens (tertiary/aromatic N) is 3. The fraction of sp³-hybridized carbons (Fsp3) is 0.111. The molecule has 0 aliphatic carbocycles. The van der Waals surface area contributed by atoms with Crippen LogP contribution in [-0.2, 0) is 18.4 Å². The maximum atomic E-state index is 10.4. The summed E-state index contributed by atoms with van der Waals surface area (Å²) in [7, 11) is 0. The van der Waals surface area contributed by atoms with Gasteiger partial charge in [0.15, 0.2) is 0 Å². The van der Waals surface area contributed by atoms with E-state index in [9.17, 15) is 10.1 Å². The monoisotopic (exact) mass is 291 g/mol. The molecule has 0 spiro atoms. The van der Waals surface area contributed by atoms with Gasteiger partial charge in [0.2, 0.25) is 6.19 Å². The molecule has 0 bridgehead atoms. The van der Waals surface area contributed by atoms with Crippen LogP contribution in [0.5, 0.6) is 0 Å². The average molecular weight is 291 g/mol. The van der Waals surface area contributed by atoms with E-state index in [4.69, 9.17) is 17.9 Å². The van der Waals surface area contributed by atoms with Gasteiger partial charge >= 0.3 is 51.4 Å². The zero-order valence-electron chi connectivity index (χ0n) is 8.99. The smallest absolute Gasteiger partial charge is 0.752 e. The van der Waals surface area contributed by atoms with E-state index in [0.717, 1.165) is 5.56 Å². The third-order valence-corrected chi connectivity index (χ3v) is 2.91. The summed E-state index contributed by atoms with van der Waals surface area (Å²) in [6.45, 7) is 0. The summed E-state index contributed by atoms with van der Waals surface area (Å²) in [6.07, 6.45) is 1.60. The van der Waals surface area contributed by atoms with Crippen molar-refractivity contribution in [2.24, 2.45) is 4.99 Å². The second-order valence-electron chi connectivity index (χ2n) is 2.69. The molecule has 0 heterocycles. The predicted molar refractivity (Wildman–Crippen MR) is 64.8 cm³/mol. The van der Waals surface area contributed by atoms with Crippen LogP contribution in [0.1, 0.15) is 5.56 Å². The van der Waals surface area contributed by atoms with Gasteiger partial charge in [-0.3, -0.25) is 10.1 Å². The van der Waals surface area contributed by atoms with Gasteiger partial charge in [0.05, 0.1) is 4.92 Å². The molecule has 0 fully saturated rings. The van der Waals surface area contributed by atoms with Gasteiger partial charge in [0.25, 0.3) is 5.69 Å². The maximum absolute atomic E-state index is 10.4. The molecule has 0 N–H and O–H groups in total. The van der Waals surface area contributed by atoms with Gasteiger partial charge in [-0.1, -0.05) is 12.1 Å². The molecule has 0 unspecified atom stereocenters. The molecule has 0 saturated heterocycles. The second-order valence-corrected chi connectivity index (χ2v) is 4.30. The minimum Gasteiger partial charge on any atom is -0.752 e. The van der Waals surface area contributed by atoms with Crippen LogP contribution >= 0.6 is 11.8 Å². The second kappa shape index (κ2) is 8.99. The molecule has 0 radical (unpaired) electrons. The van der Waals surface area contributed by atoms with Crippen molar-refractivity contribution in [3.05, 3.63) is 39.9 Å². The number of nitriles is 1. The fourth-order valence-corrected chi connectivity index (χ4v) is 1.74. The van der Waals surface area contributed by atoms with Crippen LogP contribution in [0.15, 0.2) is 29.3 Å². The minimum atomic E-state index is -0.452. The number of hydrogen-bond donors (Lipinski definition) is 0. The molecule has 0 aliphatic heterocycles. The molecular formula is C9H6KN3O2S2. The van der Waals surface area contributed by atoms with Gasteiger partial charge in [-0.25, -0.2) is 0 Å². The molecule has 8 heteroatoms. The Balaban J connectivity index is 0.00000256. The maximum Gasteiger partial charge on any atom is 1.00 e. The Morgan fingerprint density at radius 3 is 2.59 bits per heavy atom. The Hall–Kier alpha value is -0.0136. The molecule has 5 nitrogen and oxygen atoms in total. The van der Waals surface area contributed by atoms with E-state index in [1.165, 1.54) is 23.9 Å². The van der Waals surface area contributed by atoms with E-state index >= 15 is 0 Å². The first-order valence-corrected chi connectivity index (χ1v) is 5.53. The number of aliphatic imine (C=N–C) groups is 1. The van der Waals surface area contributed by atoms with Crippen LogP contribution in [0, 0.1) is 21.6 Å². The Kier molecular flexibility index (Phi) is 8.98. The summed E-state index contributed by atoms with van der Waals surface area (Å²) < 4.78 is 0.265. The zero-order valence-corrected chi connectivity index (χ0v) is 13.7. The minimum absolute atomic E-state index is 0. The molecule has 0 amide bonds. The first-order valence-electron chi connectivity index (χ1n) is 4.13. The van der Waals surface area contributed by atoms with E-state index in [1.807, 2.05) is 0 Å². The molecule has 0 saturated carbocycles. The quantitative estimate of drug-likeness (QED) is 0.139. The Labute approximate surface area is 151 Å². The van der Waals surface area contributed by atoms with Crippen LogP contribution in [0.25, 0.3) is 0 Å². The molecule has 0 atom stereocenters. The van der Waals surface area contributed by atoms with Crippen molar-refractivity contribution in [2.75, 3.05) is 0 Å². The SMILES string of the molecule is N#C/N=C(\[S-])SCc1ccc([N+](=O)[O-])cc1.[K+]. The van der Waals surface area contributed by atoms with Crippen LogP contribution in [0.4, 0.5) is 5.69 Å². The zero-order chi connectivity index (χ0) is 12.0. The van der Waals surface area contributed by atoms with Gasteiger partial charge in [-0.2, -0.15) is 10.3 Å². The summed E-state index contributed by atoms with van der Waals surface area (Å²) in [6, 6.07) is 6.17. The average Bonchev–Trinajstić information content (AvgIpc) is 2.27. The van der Waals surface area contributed by atoms with Crippen molar-refractivity contribution in [1.82, 2.24) is 0 Å². The van der Waals surface area contributed by atoms with E-state index in [1.54, 1.807) is 18.3 Å². The predicted octanol–water partition coefficient (Wildman–Crippen LogP) is -0.784. The van der Waals surface area contributed by atoms with Crippen molar-refractivity contribution in [1.29, 1.82) is 5.26 Å². The van der Waals surface area contributed by atoms with Gasteiger partial charge in [0.1, 0.15) is 0 Å². The van der Waals surface area contributed by atoms with Crippen molar-refractivity contribution in [2.45, 2.75) is 5.75 Å². The van der Waals surface area contributed by atoms with Crippen molar-refractivity contribution in [3.8, 4) is 6.19 Å². The largest absolute Gasteiger partial charge is 1.00 e. The van der Waals surface area contributed by atoms with E-state index in [-0.39, 0.29) is 61.4 Å². The first kappa shape index (κ1) is 17.0. The summed E-state index contributed by atoms with van der Waals surface area (Å²) in [5.74, 6) is 0.544. The number of thioether (sulfide) groups is 1. The van der Waals surface area contributed by atoms with Gasteiger partial charge in [-0.15, -0.1) is 11.8 Å². The number of nitro groups is 1. The molecule has 1 aromatic carbocycles. The van der Waals surface area contributed by atoms with Crippen molar-refractivity contribution >= 4 is 34.5 Å². The Bertz CT molecular complexity index is 456. The van der Waals surface area contributed by atoms with Gasteiger partial charge < -0.3 is 12.6 Å². The number of hydrogen-bond acceptors (Lipinski definition) is 6. The summed E-state index contributed by atoms with van der Waals surface area (Å²) >= 11 is 6.03. The normalized spacial score (nSPS) is 10.2. The molecule has 17 heavy (non-hydrogen) atoms. The third-order valence-electron chi connectivity index (χ3n) is 1.65. The van der Waals surface area contributed by atoms with Gasteiger partial charge in [0, 0.05) is 17.9 Å². The number of nitro benzene ring substituents is 1. The standard InChI is InChI=1S/C9H7N3O2S2.K/c10-6-11-9(15)16-5-7-1-3-8(4-2-7)12(13)14;/h1-4H,5H2,(H,11,15);/q;+1/p-1. The topological polar surface area (TPSA) is 79.3 Å². The number of rotatable bonds is 3. The molecule has 82 valence electrons. The van der Waals surface area contributed by atoms with Crippen LogP contribution < -0.4 is 51.4 Å². The molecular weight excluding hydrogens is 285 g/mol. The number of benzene rings is 1. The number of non-ortho nitro benzene ring substituents is 1.